The number of benzene rings is 2. The Hall–Kier alpha value is -2.67. The number of amides is 2. The molecule has 0 spiro atoms. The first-order valence-corrected chi connectivity index (χ1v) is 14.1. The molecule has 7 heteroatoms. The van der Waals surface area contributed by atoms with Crippen molar-refractivity contribution in [1.29, 1.82) is 0 Å². The molecule has 0 aliphatic carbocycles. The van der Waals surface area contributed by atoms with E-state index < -0.39 is 0 Å². The highest BCUT2D eigenvalue weighted by molar-refractivity contribution is 7.99. The molecule has 36 heavy (non-hydrogen) atoms. The van der Waals surface area contributed by atoms with Crippen molar-refractivity contribution >= 4 is 40.3 Å². The van der Waals surface area contributed by atoms with Crippen molar-refractivity contribution in [3.05, 3.63) is 47.5 Å². The molecule has 0 bridgehead atoms. The van der Waals surface area contributed by atoms with Gasteiger partial charge in [-0.3, -0.25) is 0 Å². The van der Waals surface area contributed by atoms with Gasteiger partial charge in [-0.2, -0.15) is 0 Å². The van der Waals surface area contributed by atoms with Crippen molar-refractivity contribution in [1.82, 2.24) is 10.3 Å². The first-order valence-electron chi connectivity index (χ1n) is 13.1. The first kappa shape index (κ1) is 27.9. The molecule has 0 radical (unpaired) electrons. The fraction of sp³-hybridized carbons (Fsp3) is 0.517. The van der Waals surface area contributed by atoms with E-state index in [4.69, 9.17) is 4.42 Å². The van der Waals surface area contributed by atoms with Crippen LogP contribution in [-0.4, -0.2) is 37.4 Å². The zero-order valence-corrected chi connectivity index (χ0v) is 23.5. The van der Waals surface area contributed by atoms with Gasteiger partial charge >= 0.3 is 6.03 Å². The van der Waals surface area contributed by atoms with Crippen LogP contribution in [0, 0.1) is 0 Å². The number of thioether (sulfide) groups is 1. The van der Waals surface area contributed by atoms with E-state index in [0.717, 1.165) is 59.1 Å². The molecule has 196 valence electrons. The molecule has 0 unspecified atom stereocenters. The summed E-state index contributed by atoms with van der Waals surface area (Å²) in [4.78, 5) is 19.2. The van der Waals surface area contributed by atoms with E-state index >= 15 is 0 Å². The van der Waals surface area contributed by atoms with Crippen LogP contribution in [0.3, 0.4) is 0 Å². The molecule has 0 atom stereocenters. The van der Waals surface area contributed by atoms with Gasteiger partial charge in [0.15, 0.2) is 5.58 Å². The van der Waals surface area contributed by atoms with Crippen LogP contribution >= 0.6 is 11.8 Å². The third-order valence-corrected chi connectivity index (χ3v) is 7.23. The summed E-state index contributed by atoms with van der Waals surface area (Å²) < 4.78 is 5.86. The summed E-state index contributed by atoms with van der Waals surface area (Å²) in [6.45, 7) is 9.34. The number of unbranched alkanes of at least 4 members (excludes halogenated alkanes) is 4. The molecular formula is C29H42N4O2S. The lowest BCUT2D eigenvalue weighted by molar-refractivity contribution is 0.252. The zero-order chi connectivity index (χ0) is 26.1. The molecule has 2 N–H and O–H groups in total. The summed E-state index contributed by atoms with van der Waals surface area (Å²) in [6.07, 6.45) is 5.56. The van der Waals surface area contributed by atoms with Gasteiger partial charge in [0.25, 0.3) is 5.22 Å². The number of nitrogens with one attached hydrogen (secondary N) is 2. The zero-order valence-electron chi connectivity index (χ0n) is 22.7. The van der Waals surface area contributed by atoms with E-state index in [1.165, 1.54) is 17.5 Å². The van der Waals surface area contributed by atoms with Gasteiger partial charge in [0, 0.05) is 37.8 Å². The number of nitrogens with zero attached hydrogens (tertiary/aromatic N) is 2. The molecule has 1 heterocycles. The Morgan fingerprint density at radius 2 is 1.64 bits per heavy atom. The standard InChI is InChI=1S/C29H42N4O2S/c1-20(2)23-13-12-14-24(21(3)4)27(23)32-28(34)30-17-10-8-7-9-11-18-36-29-31-25-19-22(33(5)6)15-16-26(25)35-29/h12-16,19-21H,7-11,17-18H2,1-6H3,(H2,30,32,34). The third kappa shape index (κ3) is 7.92. The largest absolute Gasteiger partial charge is 0.431 e. The van der Waals surface area contributed by atoms with Gasteiger partial charge in [-0.05, 0) is 54.0 Å². The minimum absolute atomic E-state index is 0.113. The van der Waals surface area contributed by atoms with E-state index in [0.29, 0.717) is 18.4 Å². The third-order valence-electron chi connectivity index (χ3n) is 6.31. The summed E-state index contributed by atoms with van der Waals surface area (Å²) in [5.74, 6) is 1.72. The Balaban J connectivity index is 1.31. The van der Waals surface area contributed by atoms with Crippen LogP contribution in [0.15, 0.2) is 46.0 Å². The second-order valence-electron chi connectivity index (χ2n) is 10.1. The van der Waals surface area contributed by atoms with Crippen LogP contribution in [0.4, 0.5) is 16.2 Å². The Labute approximate surface area is 220 Å². The Morgan fingerprint density at radius 3 is 2.31 bits per heavy atom. The second kappa shape index (κ2) is 13.6. The van der Waals surface area contributed by atoms with Crippen LogP contribution in [0.5, 0.6) is 0 Å². The maximum atomic E-state index is 12.5. The normalized spacial score (nSPS) is 11.4. The van der Waals surface area contributed by atoms with Gasteiger partial charge in [0.05, 0.1) is 0 Å². The van der Waals surface area contributed by atoms with Crippen molar-refractivity contribution in [2.45, 2.75) is 76.9 Å². The fourth-order valence-electron chi connectivity index (χ4n) is 4.21. The van der Waals surface area contributed by atoms with E-state index in [1.54, 1.807) is 11.8 Å². The van der Waals surface area contributed by atoms with Crippen molar-refractivity contribution < 1.29 is 9.21 Å². The highest BCUT2D eigenvalue weighted by Gasteiger charge is 2.15. The van der Waals surface area contributed by atoms with Gasteiger partial charge in [-0.25, -0.2) is 9.78 Å². The van der Waals surface area contributed by atoms with Crippen molar-refractivity contribution in [2.24, 2.45) is 0 Å². The molecule has 0 aliphatic rings. The summed E-state index contributed by atoms with van der Waals surface area (Å²) in [5, 5.41) is 6.90. The summed E-state index contributed by atoms with van der Waals surface area (Å²) in [5.41, 5.74) is 6.21. The van der Waals surface area contributed by atoms with Crippen molar-refractivity contribution in [3.63, 3.8) is 0 Å². The van der Waals surface area contributed by atoms with Crippen LogP contribution < -0.4 is 15.5 Å². The lowest BCUT2D eigenvalue weighted by Gasteiger charge is -2.20. The predicted octanol–water partition coefficient (Wildman–Crippen LogP) is 8.00. The number of aromatic nitrogens is 1. The number of urea groups is 1. The van der Waals surface area contributed by atoms with Gasteiger partial charge in [-0.1, -0.05) is 76.9 Å². The minimum Gasteiger partial charge on any atom is -0.431 e. The number of carbonyl (C=O) groups excluding carboxylic acids is 1. The smallest absolute Gasteiger partial charge is 0.319 e. The molecule has 0 saturated heterocycles. The minimum atomic E-state index is -0.113. The van der Waals surface area contributed by atoms with Crippen molar-refractivity contribution in [3.8, 4) is 0 Å². The number of rotatable bonds is 13. The molecule has 3 rings (SSSR count). The van der Waals surface area contributed by atoms with Crippen LogP contribution in [0.1, 0.15) is 82.8 Å². The molecule has 0 saturated carbocycles. The fourth-order valence-corrected chi connectivity index (χ4v) is 5.04. The molecular weight excluding hydrogens is 468 g/mol. The van der Waals surface area contributed by atoms with Crippen LogP contribution in [0.2, 0.25) is 0 Å². The molecule has 2 amide bonds. The van der Waals surface area contributed by atoms with Crippen LogP contribution in [-0.2, 0) is 0 Å². The maximum absolute atomic E-state index is 12.5. The number of oxazole rings is 1. The number of fused-ring (bicyclic) bond motifs is 1. The molecule has 0 fully saturated rings. The highest BCUT2D eigenvalue weighted by Crippen LogP contribution is 2.32. The summed E-state index contributed by atoms with van der Waals surface area (Å²) in [6, 6.07) is 12.3. The molecule has 1 aromatic heterocycles. The Bertz CT molecular complexity index is 1100. The number of hydrogen-bond donors (Lipinski definition) is 2. The van der Waals surface area contributed by atoms with Crippen LogP contribution in [0.25, 0.3) is 11.1 Å². The lowest BCUT2D eigenvalue weighted by Crippen LogP contribution is -2.30. The van der Waals surface area contributed by atoms with Gasteiger partial charge in [0.1, 0.15) is 5.52 Å². The SMILES string of the molecule is CC(C)c1cccc(C(C)C)c1NC(=O)NCCCCCCCSc1nc2cc(N(C)C)ccc2o1. The summed E-state index contributed by atoms with van der Waals surface area (Å²) >= 11 is 1.68. The molecule has 6 nitrogen and oxygen atoms in total. The van der Waals surface area contributed by atoms with Gasteiger partial charge in [0.2, 0.25) is 0 Å². The Morgan fingerprint density at radius 1 is 0.972 bits per heavy atom. The van der Waals surface area contributed by atoms with E-state index in [-0.39, 0.29) is 6.03 Å². The van der Waals surface area contributed by atoms with E-state index in [9.17, 15) is 4.79 Å². The van der Waals surface area contributed by atoms with Gasteiger partial charge < -0.3 is 20.0 Å². The highest BCUT2D eigenvalue weighted by atomic mass is 32.2. The van der Waals surface area contributed by atoms with E-state index in [1.807, 2.05) is 26.2 Å². The predicted molar refractivity (Wildman–Crippen MR) is 154 cm³/mol. The monoisotopic (exact) mass is 510 g/mol. The number of hydrogen-bond acceptors (Lipinski definition) is 5. The first-order chi connectivity index (χ1) is 17.3. The number of para-hydroxylation sites is 1. The second-order valence-corrected chi connectivity index (χ2v) is 11.2. The average Bonchev–Trinajstić information content (AvgIpc) is 3.24. The van der Waals surface area contributed by atoms with E-state index in [2.05, 4.69) is 72.5 Å². The topological polar surface area (TPSA) is 70.4 Å². The molecule has 2 aromatic carbocycles. The quantitative estimate of drug-likeness (QED) is 0.180. The average molecular weight is 511 g/mol. The Kier molecular flexibility index (Phi) is 10.5. The number of carbonyl (C=O) groups is 1. The molecule has 0 aliphatic heterocycles. The van der Waals surface area contributed by atoms with Gasteiger partial charge in [-0.15, -0.1) is 0 Å². The number of anilines is 2. The maximum Gasteiger partial charge on any atom is 0.319 e. The molecule has 3 aromatic rings. The lowest BCUT2D eigenvalue weighted by atomic mass is 9.93. The summed E-state index contributed by atoms with van der Waals surface area (Å²) in [7, 11) is 4.05. The van der Waals surface area contributed by atoms with Crippen molar-refractivity contribution in [2.75, 3.05) is 36.6 Å².